The number of fused-ring (bicyclic) bond motifs is 1. The second-order valence-corrected chi connectivity index (χ2v) is 9.98. The molecule has 4 heteroatoms. The van der Waals surface area contributed by atoms with Crippen LogP contribution in [0.4, 0.5) is 0 Å². The van der Waals surface area contributed by atoms with E-state index in [0.717, 1.165) is 49.4 Å². The molecule has 0 saturated carbocycles. The number of carbonyl (C=O) groups excluding carboxylic acids is 1. The molecule has 0 aliphatic carbocycles. The summed E-state index contributed by atoms with van der Waals surface area (Å²) in [5.74, 6) is 0.800. The summed E-state index contributed by atoms with van der Waals surface area (Å²) in [7, 11) is 1.62. The number of ether oxygens (including phenoxy) is 1. The zero-order chi connectivity index (χ0) is 27.2. The van der Waals surface area contributed by atoms with Crippen LogP contribution in [0.15, 0.2) is 48.7 Å². The highest BCUT2D eigenvalue weighted by Crippen LogP contribution is 2.28. The van der Waals surface area contributed by atoms with Crippen LogP contribution in [0.25, 0.3) is 10.9 Å². The Bertz CT molecular complexity index is 1040. The predicted octanol–water partition coefficient (Wildman–Crippen LogP) is 8.52. The van der Waals surface area contributed by atoms with E-state index in [2.05, 4.69) is 36.2 Å². The molecule has 0 spiro atoms. The summed E-state index contributed by atoms with van der Waals surface area (Å²) in [6, 6.07) is 5.23. The van der Waals surface area contributed by atoms with E-state index >= 15 is 0 Å². The number of nitrogens with zero attached hydrogens (tertiary/aromatic N) is 1. The van der Waals surface area contributed by atoms with Gasteiger partial charge in [-0.25, -0.2) is 0 Å². The third-order valence-electron chi connectivity index (χ3n) is 7.13. The smallest absolute Gasteiger partial charge is 0.222 e. The lowest BCUT2D eigenvalue weighted by Gasteiger charge is -2.25. The molecular weight excluding hydrogens is 444 g/mol. The lowest BCUT2D eigenvalue weighted by atomic mass is 10.0. The lowest BCUT2D eigenvalue weighted by molar-refractivity contribution is -0.132. The fourth-order valence-corrected chi connectivity index (χ4v) is 4.97. The number of likely N-dealkylation sites (tertiary alicyclic amines) is 1. The molecule has 1 aromatic heterocycles. The highest BCUT2D eigenvalue weighted by Gasteiger charge is 2.28. The normalized spacial score (nSPS) is 17.4. The van der Waals surface area contributed by atoms with Crippen LogP contribution in [0.3, 0.4) is 0 Å². The second kappa shape index (κ2) is 16.3. The Hall–Kier alpha value is -2.49. The van der Waals surface area contributed by atoms with E-state index in [4.69, 9.17) is 7.48 Å². The van der Waals surface area contributed by atoms with Gasteiger partial charge in [0.2, 0.25) is 5.91 Å². The average Bonchev–Trinajstić information content (AvgIpc) is 3.59. The highest BCUT2D eigenvalue weighted by atomic mass is 16.5. The van der Waals surface area contributed by atoms with Gasteiger partial charge in [0.15, 0.2) is 0 Å². The minimum Gasteiger partial charge on any atom is -0.497 e. The van der Waals surface area contributed by atoms with Crippen molar-refractivity contribution in [2.45, 2.75) is 109 Å². The van der Waals surface area contributed by atoms with Gasteiger partial charge in [0.25, 0.3) is 0 Å². The fourth-order valence-electron chi connectivity index (χ4n) is 4.97. The zero-order valence-electron chi connectivity index (χ0n) is 24.6. The maximum absolute atomic E-state index is 13.1. The molecule has 0 radical (unpaired) electrons. The van der Waals surface area contributed by atoms with Crippen molar-refractivity contribution in [3.63, 3.8) is 0 Å². The number of carbonyl (C=O) groups is 1. The first-order valence-electron chi connectivity index (χ1n) is 15.2. The monoisotopic (exact) mass is 494 g/mol. The largest absolute Gasteiger partial charge is 0.497 e. The maximum atomic E-state index is 13.1. The van der Waals surface area contributed by atoms with E-state index in [-0.39, 0.29) is 5.91 Å². The molecule has 1 fully saturated rings. The molecule has 1 N–H and O–H groups in total. The number of hydrogen-bond donors (Lipinski definition) is 1. The Morgan fingerprint density at radius 1 is 1.08 bits per heavy atom. The first-order valence-corrected chi connectivity index (χ1v) is 14.2. The summed E-state index contributed by atoms with van der Waals surface area (Å²) in [5, 5.41) is 0.822. The van der Waals surface area contributed by atoms with Crippen LogP contribution in [0.1, 0.15) is 105 Å². The van der Waals surface area contributed by atoms with Gasteiger partial charge >= 0.3 is 0 Å². The van der Waals surface area contributed by atoms with Crippen LogP contribution in [-0.2, 0) is 11.2 Å². The Balaban J connectivity index is 1.36. The van der Waals surface area contributed by atoms with Crippen molar-refractivity contribution in [3.8, 4) is 5.75 Å². The van der Waals surface area contributed by atoms with E-state index < -0.39 is 12.4 Å². The predicted molar refractivity (Wildman–Crippen MR) is 153 cm³/mol. The van der Waals surface area contributed by atoms with Crippen molar-refractivity contribution in [3.05, 3.63) is 54.3 Å². The number of aromatic nitrogens is 1. The van der Waals surface area contributed by atoms with Crippen LogP contribution in [0, 0.1) is 0 Å². The highest BCUT2D eigenvalue weighted by molar-refractivity contribution is 5.85. The van der Waals surface area contributed by atoms with Crippen LogP contribution in [0.2, 0.25) is 0 Å². The molecule has 2 aromatic rings. The van der Waals surface area contributed by atoms with Crippen molar-refractivity contribution in [1.29, 1.82) is 0 Å². The number of rotatable bonds is 17. The molecule has 1 aliphatic heterocycles. The van der Waals surface area contributed by atoms with Crippen molar-refractivity contribution < 1.29 is 12.3 Å². The van der Waals surface area contributed by atoms with Crippen LogP contribution < -0.4 is 4.74 Å². The first-order chi connectivity index (χ1) is 18.5. The van der Waals surface area contributed by atoms with Gasteiger partial charge in [-0.2, -0.15) is 0 Å². The molecule has 1 aliphatic rings. The number of nitrogens with one attached hydrogen (secondary N) is 1. The van der Waals surface area contributed by atoms with Crippen molar-refractivity contribution in [2.75, 3.05) is 13.7 Å². The molecule has 1 atom stereocenters. The van der Waals surface area contributed by atoms with Gasteiger partial charge in [0, 0.05) is 38.8 Å². The fraction of sp³-hybridized carbons (Fsp3) is 0.594. The summed E-state index contributed by atoms with van der Waals surface area (Å²) < 4.78 is 23.4. The van der Waals surface area contributed by atoms with Gasteiger partial charge in [-0.05, 0) is 81.5 Å². The Kier molecular flexibility index (Phi) is 11.4. The van der Waals surface area contributed by atoms with Gasteiger partial charge in [0.05, 0.1) is 7.11 Å². The summed E-state index contributed by atoms with van der Waals surface area (Å²) in [6.45, 7) is 2.89. The third-order valence-corrected chi connectivity index (χ3v) is 7.13. The van der Waals surface area contributed by atoms with Gasteiger partial charge in [-0.1, -0.05) is 63.3 Å². The molecule has 3 rings (SSSR count). The summed E-state index contributed by atoms with van der Waals surface area (Å²) in [5.41, 5.74) is 1.49. The van der Waals surface area contributed by atoms with Crippen LogP contribution in [0.5, 0.6) is 5.75 Å². The number of allylic oxidation sites excluding steroid dienone is 4. The van der Waals surface area contributed by atoms with Gasteiger partial charge < -0.3 is 14.6 Å². The number of unbranched alkanes of at least 4 members (excludes halogenated alkanes) is 8. The summed E-state index contributed by atoms with van der Waals surface area (Å²) >= 11 is 0. The molecule has 2 heterocycles. The number of aromatic amines is 1. The van der Waals surface area contributed by atoms with Gasteiger partial charge in [0.1, 0.15) is 5.75 Å². The molecule has 0 bridgehead atoms. The number of benzene rings is 1. The molecule has 1 saturated heterocycles. The first kappa shape index (κ1) is 25.2. The number of methoxy groups -OCH3 is 1. The molecular formula is C32H48N2O2. The number of amides is 1. The van der Waals surface area contributed by atoms with Crippen molar-refractivity contribution in [2.24, 2.45) is 0 Å². The maximum Gasteiger partial charge on any atom is 0.222 e. The molecule has 1 amide bonds. The SMILES string of the molecule is [2H]C([2H])(c1c[nH]c2ccc(OC)cc12)[C@H]1CCCN1C(=O)CCCCCCC/C=C\C/C=C\CCCCC. The third kappa shape index (κ3) is 9.19. The number of hydrogen-bond acceptors (Lipinski definition) is 2. The van der Waals surface area contributed by atoms with E-state index in [0.29, 0.717) is 30.7 Å². The Morgan fingerprint density at radius 2 is 1.83 bits per heavy atom. The Morgan fingerprint density at radius 3 is 2.61 bits per heavy atom. The second-order valence-electron chi connectivity index (χ2n) is 9.98. The van der Waals surface area contributed by atoms with Gasteiger partial charge in [-0.15, -0.1) is 0 Å². The van der Waals surface area contributed by atoms with Crippen LogP contribution >= 0.6 is 0 Å². The number of H-pyrrole nitrogens is 1. The van der Waals surface area contributed by atoms with E-state index in [9.17, 15) is 4.79 Å². The molecule has 36 heavy (non-hydrogen) atoms. The lowest BCUT2D eigenvalue weighted by Crippen LogP contribution is -2.36. The molecule has 198 valence electrons. The standard InChI is InChI=1S/C32H48N2O2/c1-3-4-5-6-7-8-9-10-11-12-13-14-15-16-17-20-32(35)34-23-18-19-28(34)24-27-26-33-31-22-21-29(36-2)25-30(27)31/h7-8,10-11,21-22,25-26,28,33H,3-6,9,12-20,23-24H2,1-2H3/b8-7-,11-10-/t28-/m1/s1/i24D2. The van der Waals surface area contributed by atoms with E-state index in [1.165, 1.54) is 38.5 Å². The molecule has 0 unspecified atom stereocenters. The molecule has 1 aromatic carbocycles. The van der Waals surface area contributed by atoms with Crippen molar-refractivity contribution in [1.82, 2.24) is 9.88 Å². The Labute approximate surface area is 222 Å². The zero-order valence-corrected chi connectivity index (χ0v) is 22.6. The van der Waals surface area contributed by atoms with E-state index in [1.807, 2.05) is 23.1 Å². The van der Waals surface area contributed by atoms with Crippen molar-refractivity contribution >= 4 is 16.8 Å². The van der Waals surface area contributed by atoms with Crippen LogP contribution in [-0.4, -0.2) is 35.5 Å². The molecule has 4 nitrogen and oxygen atoms in total. The average molecular weight is 495 g/mol. The van der Waals surface area contributed by atoms with E-state index in [1.54, 1.807) is 13.3 Å². The quantitative estimate of drug-likeness (QED) is 0.177. The summed E-state index contributed by atoms with van der Waals surface area (Å²) in [6.07, 6.45) is 24.1. The minimum absolute atomic E-state index is 0.0967. The topological polar surface area (TPSA) is 45.3 Å². The minimum atomic E-state index is -1.63. The summed E-state index contributed by atoms with van der Waals surface area (Å²) in [4.78, 5) is 18.1. The van der Waals surface area contributed by atoms with Gasteiger partial charge in [-0.3, -0.25) is 4.79 Å².